The van der Waals surface area contributed by atoms with E-state index in [0.29, 0.717) is 21.0 Å². The van der Waals surface area contributed by atoms with Gasteiger partial charge in [0.2, 0.25) is 0 Å². The number of halogens is 2. The molecule has 0 aliphatic heterocycles. The number of hydrogen-bond acceptors (Lipinski definition) is 3. The van der Waals surface area contributed by atoms with E-state index >= 15 is 0 Å². The average Bonchev–Trinajstić information content (AvgIpc) is 3.08. The van der Waals surface area contributed by atoms with Gasteiger partial charge in [-0.2, -0.15) is 0 Å². The highest BCUT2D eigenvalue weighted by molar-refractivity contribution is 7.20. The second kappa shape index (κ2) is 8.66. The molecule has 0 spiro atoms. The molecule has 0 atom stereocenters. The van der Waals surface area contributed by atoms with Crippen LogP contribution in [-0.2, 0) is 6.42 Å². The van der Waals surface area contributed by atoms with Gasteiger partial charge in [0.05, 0.1) is 10.4 Å². The van der Waals surface area contributed by atoms with Gasteiger partial charge in [-0.05, 0) is 47.6 Å². The van der Waals surface area contributed by atoms with E-state index in [1.165, 1.54) is 29.0 Å². The van der Waals surface area contributed by atoms with Gasteiger partial charge in [0, 0.05) is 23.0 Å². The lowest BCUT2D eigenvalue weighted by Crippen LogP contribution is -1.88. The molecule has 4 rings (SSSR count). The molecular formula is C25H23ClFNOS. The zero-order chi connectivity index (χ0) is 21.3. The maximum atomic E-state index is 13.8. The van der Waals surface area contributed by atoms with Gasteiger partial charge in [0.25, 0.3) is 0 Å². The van der Waals surface area contributed by atoms with Gasteiger partial charge in [-0.1, -0.05) is 61.3 Å². The minimum atomic E-state index is -0.338. The van der Waals surface area contributed by atoms with Crippen LogP contribution in [0.4, 0.5) is 9.39 Å². The Kier molecular flexibility index (Phi) is 5.98. The van der Waals surface area contributed by atoms with Crippen molar-refractivity contribution in [2.24, 2.45) is 0 Å². The first-order chi connectivity index (χ1) is 14.5. The Morgan fingerprint density at radius 2 is 1.90 bits per heavy atom. The van der Waals surface area contributed by atoms with Crippen molar-refractivity contribution in [1.82, 2.24) is 0 Å². The summed E-state index contributed by atoms with van der Waals surface area (Å²) < 4.78 is 13.8. The van der Waals surface area contributed by atoms with E-state index in [-0.39, 0.29) is 11.6 Å². The van der Waals surface area contributed by atoms with Gasteiger partial charge in [0.15, 0.2) is 0 Å². The maximum absolute atomic E-state index is 13.8. The van der Waals surface area contributed by atoms with Gasteiger partial charge in [-0.25, -0.2) is 4.39 Å². The van der Waals surface area contributed by atoms with Crippen LogP contribution in [0.1, 0.15) is 25.3 Å². The van der Waals surface area contributed by atoms with E-state index in [9.17, 15) is 9.50 Å². The molecule has 0 bridgehead atoms. The normalized spacial score (nSPS) is 11.2. The Balaban J connectivity index is 1.91. The number of anilines is 1. The van der Waals surface area contributed by atoms with E-state index < -0.39 is 0 Å². The van der Waals surface area contributed by atoms with Gasteiger partial charge >= 0.3 is 0 Å². The fourth-order valence-electron chi connectivity index (χ4n) is 3.84. The quantitative estimate of drug-likeness (QED) is 0.318. The molecule has 1 aromatic heterocycles. The lowest BCUT2D eigenvalue weighted by Gasteiger charge is -2.10. The molecule has 2 N–H and O–H groups in total. The summed E-state index contributed by atoms with van der Waals surface area (Å²) >= 11 is 8.16. The van der Waals surface area contributed by atoms with Crippen molar-refractivity contribution < 1.29 is 9.50 Å². The third-order valence-electron chi connectivity index (χ3n) is 5.28. The van der Waals surface area contributed by atoms with Crippen LogP contribution in [0, 0.1) is 5.82 Å². The number of aryl methyl sites for hydroxylation is 1. The largest absolute Gasteiger partial charge is 0.506 e. The first kappa shape index (κ1) is 20.7. The first-order valence-electron chi connectivity index (χ1n) is 10.0. The molecule has 0 radical (unpaired) electrons. The van der Waals surface area contributed by atoms with Gasteiger partial charge in [-0.15, -0.1) is 11.3 Å². The Morgan fingerprint density at radius 3 is 2.63 bits per heavy atom. The summed E-state index contributed by atoms with van der Waals surface area (Å²) in [5, 5.41) is 17.7. The Morgan fingerprint density at radius 1 is 1.10 bits per heavy atom. The zero-order valence-corrected chi connectivity index (χ0v) is 18.5. The van der Waals surface area contributed by atoms with Crippen LogP contribution in [0.25, 0.3) is 32.3 Å². The molecule has 0 saturated carbocycles. The van der Waals surface area contributed by atoms with Crippen molar-refractivity contribution in [3.05, 3.63) is 71.0 Å². The van der Waals surface area contributed by atoms with Crippen molar-refractivity contribution in [2.75, 3.05) is 12.4 Å². The number of rotatable bonds is 6. The van der Waals surface area contributed by atoms with Crippen molar-refractivity contribution in [2.45, 2.75) is 26.2 Å². The summed E-state index contributed by atoms with van der Waals surface area (Å²) in [4.78, 5) is 0.715. The minimum absolute atomic E-state index is 0.133. The molecule has 0 unspecified atom stereocenters. The predicted octanol–water partition coefficient (Wildman–Crippen LogP) is 8.12. The predicted molar refractivity (Wildman–Crippen MR) is 127 cm³/mol. The minimum Gasteiger partial charge on any atom is -0.506 e. The van der Waals surface area contributed by atoms with Crippen LogP contribution in [0.2, 0.25) is 5.02 Å². The molecule has 154 valence electrons. The molecule has 4 aromatic rings. The third-order valence-corrected chi connectivity index (χ3v) is 6.80. The molecular weight excluding hydrogens is 417 g/mol. The second-order valence-corrected chi connectivity index (χ2v) is 8.76. The first-order valence-corrected chi connectivity index (χ1v) is 11.2. The molecule has 0 amide bonds. The smallest absolute Gasteiger partial charge is 0.144 e. The lowest BCUT2D eigenvalue weighted by atomic mass is 9.97. The summed E-state index contributed by atoms with van der Waals surface area (Å²) in [6, 6.07) is 16.5. The van der Waals surface area contributed by atoms with Crippen molar-refractivity contribution in [3.63, 3.8) is 0 Å². The summed E-state index contributed by atoms with van der Waals surface area (Å²) in [6.45, 7) is 2.18. The Labute approximate surface area is 185 Å². The van der Waals surface area contributed by atoms with Gasteiger partial charge in [0.1, 0.15) is 16.6 Å². The van der Waals surface area contributed by atoms with Crippen molar-refractivity contribution in [1.29, 1.82) is 0 Å². The number of unbranched alkanes of at least 4 members (excludes halogenated alkanes) is 1. The van der Waals surface area contributed by atoms with E-state index in [2.05, 4.69) is 24.4 Å². The van der Waals surface area contributed by atoms with E-state index in [1.807, 2.05) is 18.2 Å². The van der Waals surface area contributed by atoms with E-state index in [4.69, 9.17) is 11.6 Å². The molecule has 2 nitrogen and oxygen atoms in total. The lowest BCUT2D eigenvalue weighted by molar-refractivity contribution is 0.481. The van der Waals surface area contributed by atoms with Crippen LogP contribution in [0.15, 0.2) is 54.6 Å². The third kappa shape index (κ3) is 3.78. The van der Waals surface area contributed by atoms with Crippen LogP contribution >= 0.6 is 22.9 Å². The molecule has 1 heterocycles. The molecule has 3 aromatic carbocycles. The van der Waals surface area contributed by atoms with Crippen LogP contribution in [-0.4, -0.2) is 12.2 Å². The fraction of sp³-hybridized carbons (Fsp3) is 0.200. The summed E-state index contributed by atoms with van der Waals surface area (Å²) in [6.07, 6.45) is 3.25. The van der Waals surface area contributed by atoms with Crippen molar-refractivity contribution in [3.8, 4) is 27.3 Å². The monoisotopic (exact) mass is 439 g/mol. The highest BCUT2D eigenvalue weighted by atomic mass is 35.5. The molecule has 0 aliphatic carbocycles. The molecule has 30 heavy (non-hydrogen) atoms. The summed E-state index contributed by atoms with van der Waals surface area (Å²) in [5.41, 5.74) is 3.33. The Hall–Kier alpha value is -2.56. The number of aromatic hydroxyl groups is 1. The fourth-order valence-corrected chi connectivity index (χ4v) is 5.29. The summed E-state index contributed by atoms with van der Waals surface area (Å²) in [7, 11) is 1.80. The second-order valence-electron chi connectivity index (χ2n) is 7.33. The highest BCUT2D eigenvalue weighted by Gasteiger charge is 2.22. The molecule has 0 fully saturated rings. The van der Waals surface area contributed by atoms with Gasteiger partial charge in [-0.3, -0.25) is 0 Å². The van der Waals surface area contributed by atoms with Crippen LogP contribution in [0.5, 0.6) is 5.75 Å². The SMILES string of the molecule is CCCCc1cc(Cl)c2c(-c3sc(NC)c(-c4cccc(F)c4)c3O)cccc2c1. The zero-order valence-electron chi connectivity index (χ0n) is 16.9. The number of fused-ring (bicyclic) bond motifs is 1. The van der Waals surface area contributed by atoms with Gasteiger partial charge < -0.3 is 10.4 Å². The van der Waals surface area contributed by atoms with E-state index in [1.54, 1.807) is 19.2 Å². The van der Waals surface area contributed by atoms with E-state index in [0.717, 1.165) is 40.6 Å². The van der Waals surface area contributed by atoms with Crippen LogP contribution < -0.4 is 5.32 Å². The standard InChI is InChI=1S/C25H23ClFNOS/c1-3-4-7-15-12-16-9-6-11-19(21(16)20(26)13-15)24-23(29)22(25(28-2)30-24)17-8-5-10-18(27)14-17/h5-6,8-14,28-29H,3-4,7H2,1-2H3. The maximum Gasteiger partial charge on any atom is 0.144 e. The number of thiophene rings is 1. The number of nitrogens with one attached hydrogen (secondary N) is 1. The molecule has 0 aliphatic rings. The average molecular weight is 440 g/mol. The molecule has 5 heteroatoms. The topological polar surface area (TPSA) is 32.3 Å². The molecule has 0 saturated heterocycles. The number of hydrogen-bond donors (Lipinski definition) is 2. The summed E-state index contributed by atoms with van der Waals surface area (Å²) in [5.74, 6) is -0.205. The Bertz CT molecular complexity index is 1220. The van der Waals surface area contributed by atoms with Crippen LogP contribution in [0.3, 0.4) is 0 Å². The van der Waals surface area contributed by atoms with Crippen molar-refractivity contribution >= 4 is 38.7 Å². The number of benzene rings is 3. The highest BCUT2D eigenvalue weighted by Crippen LogP contribution is 2.52.